The quantitative estimate of drug-likeness (QED) is 0.641. The van der Waals surface area contributed by atoms with Crippen LogP contribution in [0, 0.1) is 0 Å². The molecule has 0 aliphatic carbocycles. The number of primary amides is 1. The van der Waals surface area contributed by atoms with Gasteiger partial charge in [-0.05, 0) is 25.0 Å². The molecule has 3 heterocycles. The van der Waals surface area contributed by atoms with Gasteiger partial charge >= 0.3 is 6.03 Å². The Balaban J connectivity index is 1.65. The molecule has 1 saturated heterocycles. The second-order valence-corrected chi connectivity index (χ2v) is 6.29. The number of urea groups is 1. The first kappa shape index (κ1) is 16.1. The van der Waals surface area contributed by atoms with Crippen molar-refractivity contribution in [2.45, 2.75) is 18.9 Å². The van der Waals surface area contributed by atoms with Crippen LogP contribution in [0.1, 0.15) is 12.8 Å². The third-order valence-corrected chi connectivity index (χ3v) is 4.57. The fraction of sp³-hybridized carbons (Fsp3) is 0.294. The van der Waals surface area contributed by atoms with Gasteiger partial charge in [0.2, 0.25) is 5.95 Å². The Kier molecular flexibility index (Phi) is 4.04. The number of para-hydroxylation sites is 1. The van der Waals surface area contributed by atoms with Crippen molar-refractivity contribution in [1.29, 1.82) is 0 Å². The van der Waals surface area contributed by atoms with Crippen molar-refractivity contribution in [3.05, 3.63) is 46.9 Å². The molecule has 0 spiro atoms. The predicted molar refractivity (Wildman–Crippen MR) is 97.4 cm³/mol. The summed E-state index contributed by atoms with van der Waals surface area (Å²) in [7, 11) is 0. The van der Waals surface area contributed by atoms with Gasteiger partial charge in [0.15, 0.2) is 5.65 Å². The molecule has 0 atom stereocenters. The third-order valence-electron chi connectivity index (χ3n) is 4.57. The number of carbonyl (C=O) groups excluding carboxylic acids is 1. The highest BCUT2D eigenvalue weighted by molar-refractivity contribution is 5.76. The summed E-state index contributed by atoms with van der Waals surface area (Å²) in [4.78, 5) is 32.9. The van der Waals surface area contributed by atoms with E-state index < -0.39 is 6.03 Å². The number of aromatic amines is 1. The van der Waals surface area contributed by atoms with Gasteiger partial charge in [0.05, 0.1) is 11.9 Å². The molecule has 1 aliphatic heterocycles. The van der Waals surface area contributed by atoms with Crippen LogP contribution in [0.5, 0.6) is 0 Å². The van der Waals surface area contributed by atoms with Crippen molar-refractivity contribution in [3.8, 4) is 5.69 Å². The predicted octanol–water partition coefficient (Wildman–Crippen LogP) is 0.746. The van der Waals surface area contributed by atoms with Crippen LogP contribution in [-0.4, -0.2) is 44.9 Å². The number of nitrogens with two attached hydrogens (primary N) is 1. The van der Waals surface area contributed by atoms with E-state index in [1.165, 1.54) is 6.20 Å². The molecular weight excluding hydrogens is 334 g/mol. The van der Waals surface area contributed by atoms with Crippen molar-refractivity contribution in [2.24, 2.45) is 5.73 Å². The Bertz CT molecular complexity index is 987. The normalized spacial score (nSPS) is 15.3. The summed E-state index contributed by atoms with van der Waals surface area (Å²) < 4.78 is 1.66. The lowest BCUT2D eigenvalue weighted by atomic mass is 10.1. The Morgan fingerprint density at radius 2 is 1.96 bits per heavy atom. The minimum atomic E-state index is -0.511. The number of benzene rings is 1. The molecular formula is C17H19N7O2. The van der Waals surface area contributed by atoms with Crippen LogP contribution >= 0.6 is 0 Å². The van der Waals surface area contributed by atoms with E-state index >= 15 is 0 Å². The number of nitrogens with zero attached hydrogens (tertiary/aromatic N) is 4. The van der Waals surface area contributed by atoms with Gasteiger partial charge < -0.3 is 16.0 Å². The number of piperidine rings is 1. The highest BCUT2D eigenvalue weighted by Crippen LogP contribution is 2.19. The maximum absolute atomic E-state index is 12.4. The lowest BCUT2D eigenvalue weighted by molar-refractivity contribution is 0.242. The zero-order valence-electron chi connectivity index (χ0n) is 14.1. The molecule has 1 fully saturated rings. The van der Waals surface area contributed by atoms with Gasteiger partial charge in [-0.15, -0.1) is 0 Å². The van der Waals surface area contributed by atoms with E-state index in [2.05, 4.69) is 20.4 Å². The molecule has 0 radical (unpaired) electrons. The Hall–Kier alpha value is -3.36. The van der Waals surface area contributed by atoms with Crippen LogP contribution in [0.25, 0.3) is 16.7 Å². The highest BCUT2D eigenvalue weighted by atomic mass is 16.2. The average molecular weight is 353 g/mol. The van der Waals surface area contributed by atoms with Crippen LogP contribution in [-0.2, 0) is 0 Å². The summed E-state index contributed by atoms with van der Waals surface area (Å²) in [5.41, 5.74) is 6.32. The number of amides is 2. The molecule has 4 rings (SSSR count). The third kappa shape index (κ3) is 2.99. The molecule has 2 aromatic heterocycles. The number of anilines is 1. The maximum atomic E-state index is 12.4. The van der Waals surface area contributed by atoms with Gasteiger partial charge in [-0.25, -0.2) is 9.48 Å². The van der Waals surface area contributed by atoms with E-state index in [1.807, 2.05) is 35.2 Å². The van der Waals surface area contributed by atoms with E-state index in [9.17, 15) is 9.59 Å². The van der Waals surface area contributed by atoms with Gasteiger partial charge in [-0.3, -0.25) is 9.78 Å². The van der Waals surface area contributed by atoms with Gasteiger partial charge in [-0.2, -0.15) is 10.1 Å². The molecule has 0 bridgehead atoms. The fourth-order valence-corrected chi connectivity index (χ4v) is 3.25. The molecule has 4 N–H and O–H groups in total. The SMILES string of the molecule is NC(=O)NC1CCN(c2nc3c(cnn3-c3ccccc3)c(=O)[nH]2)CC1. The molecule has 3 aromatic rings. The van der Waals surface area contributed by atoms with Crippen molar-refractivity contribution in [3.63, 3.8) is 0 Å². The molecule has 9 nitrogen and oxygen atoms in total. The summed E-state index contributed by atoms with van der Waals surface area (Å²) in [5, 5.41) is 7.49. The molecule has 1 aliphatic rings. The van der Waals surface area contributed by atoms with Crippen molar-refractivity contribution in [2.75, 3.05) is 18.0 Å². The largest absolute Gasteiger partial charge is 0.352 e. The first-order valence-corrected chi connectivity index (χ1v) is 8.46. The second kappa shape index (κ2) is 6.51. The average Bonchev–Trinajstić information content (AvgIpc) is 3.07. The van der Waals surface area contributed by atoms with Crippen molar-refractivity contribution >= 4 is 23.0 Å². The smallest absolute Gasteiger partial charge is 0.312 e. The van der Waals surface area contributed by atoms with E-state index in [1.54, 1.807) is 4.68 Å². The second-order valence-electron chi connectivity index (χ2n) is 6.29. The molecule has 134 valence electrons. The van der Waals surface area contributed by atoms with Crippen LogP contribution < -0.4 is 21.5 Å². The van der Waals surface area contributed by atoms with Crippen LogP contribution in [0.3, 0.4) is 0 Å². The summed E-state index contributed by atoms with van der Waals surface area (Å²) in [6.07, 6.45) is 3.01. The Labute approximate surface area is 148 Å². The lowest BCUT2D eigenvalue weighted by Gasteiger charge is -2.32. The fourth-order valence-electron chi connectivity index (χ4n) is 3.25. The summed E-state index contributed by atoms with van der Waals surface area (Å²) in [6.45, 7) is 1.33. The number of nitrogens with one attached hydrogen (secondary N) is 2. The van der Waals surface area contributed by atoms with E-state index in [-0.39, 0.29) is 11.6 Å². The number of hydrogen-bond acceptors (Lipinski definition) is 5. The first-order valence-electron chi connectivity index (χ1n) is 8.46. The minimum Gasteiger partial charge on any atom is -0.352 e. The molecule has 0 unspecified atom stereocenters. The zero-order chi connectivity index (χ0) is 18.1. The Morgan fingerprint density at radius 1 is 1.23 bits per heavy atom. The van der Waals surface area contributed by atoms with Gasteiger partial charge in [-0.1, -0.05) is 18.2 Å². The molecule has 2 amide bonds. The van der Waals surface area contributed by atoms with Gasteiger partial charge in [0.25, 0.3) is 5.56 Å². The van der Waals surface area contributed by atoms with Crippen molar-refractivity contribution in [1.82, 2.24) is 25.1 Å². The summed E-state index contributed by atoms with van der Waals surface area (Å²) in [6, 6.07) is 9.11. The van der Waals surface area contributed by atoms with Gasteiger partial charge in [0, 0.05) is 19.1 Å². The molecule has 0 saturated carbocycles. The van der Waals surface area contributed by atoms with Crippen molar-refractivity contribution < 1.29 is 4.79 Å². The standard InChI is InChI=1S/C17H19N7O2/c18-16(26)20-11-6-8-23(9-7-11)17-21-14-13(15(25)22-17)10-19-24(14)12-4-2-1-3-5-12/h1-5,10-11H,6-9H2,(H3,18,20,26)(H,21,22,25). The number of H-pyrrole nitrogens is 1. The van der Waals surface area contributed by atoms with E-state index in [0.29, 0.717) is 30.1 Å². The Morgan fingerprint density at radius 3 is 2.65 bits per heavy atom. The number of fused-ring (bicyclic) bond motifs is 1. The topological polar surface area (TPSA) is 122 Å². The minimum absolute atomic E-state index is 0.0500. The van der Waals surface area contributed by atoms with Crippen LogP contribution in [0.2, 0.25) is 0 Å². The van der Waals surface area contributed by atoms with Crippen LogP contribution in [0.4, 0.5) is 10.7 Å². The number of aromatic nitrogens is 4. The monoisotopic (exact) mass is 353 g/mol. The number of rotatable bonds is 3. The first-order chi connectivity index (χ1) is 12.6. The highest BCUT2D eigenvalue weighted by Gasteiger charge is 2.22. The lowest BCUT2D eigenvalue weighted by Crippen LogP contribution is -2.47. The maximum Gasteiger partial charge on any atom is 0.312 e. The zero-order valence-corrected chi connectivity index (χ0v) is 14.1. The van der Waals surface area contributed by atoms with Crippen LogP contribution in [0.15, 0.2) is 41.3 Å². The van der Waals surface area contributed by atoms with Gasteiger partial charge in [0.1, 0.15) is 5.39 Å². The number of hydrogen-bond donors (Lipinski definition) is 3. The summed E-state index contributed by atoms with van der Waals surface area (Å²) >= 11 is 0. The number of carbonyl (C=O) groups is 1. The summed E-state index contributed by atoms with van der Waals surface area (Å²) in [5.74, 6) is 0.512. The molecule has 1 aromatic carbocycles. The molecule has 26 heavy (non-hydrogen) atoms. The van der Waals surface area contributed by atoms with E-state index in [4.69, 9.17) is 5.73 Å². The molecule has 9 heteroatoms. The van der Waals surface area contributed by atoms with E-state index in [0.717, 1.165) is 18.5 Å².